The molecule has 134 valence electrons. The van der Waals surface area contributed by atoms with Gasteiger partial charge in [0.2, 0.25) is 0 Å². The number of rotatable bonds is 8. The van der Waals surface area contributed by atoms with Gasteiger partial charge in [-0.2, -0.15) is 0 Å². The van der Waals surface area contributed by atoms with Crippen molar-refractivity contribution in [3.63, 3.8) is 0 Å². The van der Waals surface area contributed by atoms with Crippen molar-refractivity contribution < 1.29 is 14.3 Å². The molecule has 0 atom stereocenters. The van der Waals surface area contributed by atoms with Gasteiger partial charge in [0.1, 0.15) is 6.61 Å². The number of nitrogens with zero attached hydrogens (tertiary/aromatic N) is 1. The van der Waals surface area contributed by atoms with E-state index >= 15 is 0 Å². The average molecular weight is 368 g/mol. The van der Waals surface area contributed by atoms with Gasteiger partial charge in [0, 0.05) is 12.7 Å². The molecular formula is C20H20N2O3S. The van der Waals surface area contributed by atoms with Crippen LogP contribution in [-0.2, 0) is 14.3 Å². The van der Waals surface area contributed by atoms with Crippen molar-refractivity contribution in [2.75, 3.05) is 32.2 Å². The smallest absolute Gasteiger partial charge is 0.252 e. The average Bonchev–Trinajstić information content (AvgIpc) is 3.10. The van der Waals surface area contributed by atoms with E-state index in [-0.39, 0.29) is 12.5 Å². The first-order chi connectivity index (χ1) is 12.8. The van der Waals surface area contributed by atoms with Gasteiger partial charge in [-0.05, 0) is 5.56 Å². The van der Waals surface area contributed by atoms with E-state index in [0.717, 1.165) is 21.7 Å². The summed E-state index contributed by atoms with van der Waals surface area (Å²) in [5.41, 5.74) is 2.94. The van der Waals surface area contributed by atoms with Gasteiger partial charge in [0.05, 0.1) is 23.8 Å². The standard InChI is InChI=1S/C20H20N2O3S/c1-24-12-13-25-14-17(23)21-20-22-18(15-8-4-2-5-9-15)19(26-20)16-10-6-3-7-11-16/h2-11H,12-14H2,1H3,(H,21,22,23). The lowest BCUT2D eigenvalue weighted by atomic mass is 10.1. The van der Waals surface area contributed by atoms with Gasteiger partial charge in [-0.3, -0.25) is 10.1 Å². The first-order valence-corrected chi connectivity index (χ1v) is 9.08. The van der Waals surface area contributed by atoms with Gasteiger partial charge in [0.15, 0.2) is 5.13 Å². The number of anilines is 1. The molecule has 6 heteroatoms. The zero-order valence-corrected chi connectivity index (χ0v) is 15.3. The highest BCUT2D eigenvalue weighted by atomic mass is 32.1. The number of carbonyl (C=O) groups excluding carboxylic acids is 1. The molecule has 1 amide bonds. The predicted octanol–water partition coefficient (Wildman–Crippen LogP) is 4.08. The molecule has 0 spiro atoms. The molecule has 0 saturated heterocycles. The van der Waals surface area contributed by atoms with Gasteiger partial charge >= 0.3 is 0 Å². The summed E-state index contributed by atoms with van der Waals surface area (Å²) >= 11 is 1.46. The van der Waals surface area contributed by atoms with E-state index in [0.29, 0.717) is 18.3 Å². The molecule has 1 N–H and O–H groups in total. The molecule has 0 aliphatic carbocycles. The van der Waals surface area contributed by atoms with Gasteiger partial charge in [-0.1, -0.05) is 72.0 Å². The summed E-state index contributed by atoms with van der Waals surface area (Å²) in [7, 11) is 1.59. The molecule has 0 aliphatic heterocycles. The molecule has 2 aromatic carbocycles. The number of carbonyl (C=O) groups is 1. The third-order valence-electron chi connectivity index (χ3n) is 3.62. The van der Waals surface area contributed by atoms with Crippen molar-refractivity contribution in [2.24, 2.45) is 0 Å². The second-order valence-corrected chi connectivity index (χ2v) is 6.52. The molecule has 1 heterocycles. The summed E-state index contributed by atoms with van der Waals surface area (Å²) in [4.78, 5) is 17.7. The molecule has 3 aromatic rings. The monoisotopic (exact) mass is 368 g/mol. The zero-order valence-electron chi connectivity index (χ0n) is 14.5. The van der Waals surface area contributed by atoms with Crippen LogP contribution < -0.4 is 5.32 Å². The highest BCUT2D eigenvalue weighted by Crippen LogP contribution is 2.38. The second-order valence-electron chi connectivity index (χ2n) is 5.52. The maximum absolute atomic E-state index is 12.1. The Hall–Kier alpha value is -2.54. The normalized spacial score (nSPS) is 10.7. The van der Waals surface area contributed by atoms with Crippen molar-refractivity contribution in [1.82, 2.24) is 4.98 Å². The molecule has 1 aromatic heterocycles. The zero-order chi connectivity index (χ0) is 18.2. The summed E-state index contributed by atoms with van der Waals surface area (Å²) in [5, 5.41) is 3.38. The highest BCUT2D eigenvalue weighted by molar-refractivity contribution is 7.19. The fraction of sp³-hybridized carbons (Fsp3) is 0.200. The van der Waals surface area contributed by atoms with Crippen molar-refractivity contribution in [1.29, 1.82) is 0 Å². The summed E-state index contributed by atoms with van der Waals surface area (Å²) in [5.74, 6) is -0.228. The van der Waals surface area contributed by atoms with Gasteiger partial charge < -0.3 is 9.47 Å². The van der Waals surface area contributed by atoms with Crippen molar-refractivity contribution in [3.05, 3.63) is 60.7 Å². The van der Waals surface area contributed by atoms with E-state index in [1.807, 2.05) is 60.7 Å². The van der Waals surface area contributed by atoms with Gasteiger partial charge in [-0.25, -0.2) is 4.98 Å². The molecule has 3 rings (SSSR count). The number of hydrogen-bond donors (Lipinski definition) is 1. The second kappa shape index (κ2) is 9.24. The van der Waals surface area contributed by atoms with Crippen molar-refractivity contribution in [2.45, 2.75) is 0 Å². The Morgan fingerprint density at radius 1 is 1.00 bits per heavy atom. The largest absolute Gasteiger partial charge is 0.382 e. The highest BCUT2D eigenvalue weighted by Gasteiger charge is 2.16. The number of nitrogens with one attached hydrogen (secondary N) is 1. The Morgan fingerprint density at radius 2 is 1.65 bits per heavy atom. The third kappa shape index (κ3) is 4.76. The molecule has 0 unspecified atom stereocenters. The number of hydrogen-bond acceptors (Lipinski definition) is 5. The van der Waals surface area contributed by atoms with Crippen LogP contribution in [0.15, 0.2) is 60.7 Å². The van der Waals surface area contributed by atoms with Crippen LogP contribution >= 0.6 is 11.3 Å². The number of aromatic nitrogens is 1. The Morgan fingerprint density at radius 3 is 2.31 bits per heavy atom. The fourth-order valence-corrected chi connectivity index (χ4v) is 3.42. The van der Waals surface area contributed by atoms with Crippen LogP contribution in [0, 0.1) is 0 Å². The lowest BCUT2D eigenvalue weighted by molar-refractivity contribution is -0.121. The number of benzene rings is 2. The summed E-state index contributed by atoms with van der Waals surface area (Å²) in [6.45, 7) is 0.817. The Balaban J connectivity index is 1.82. The first kappa shape index (κ1) is 18.3. The minimum absolute atomic E-state index is 0.0235. The lowest BCUT2D eigenvalue weighted by Gasteiger charge is -2.03. The van der Waals surface area contributed by atoms with Crippen LogP contribution in [0.3, 0.4) is 0 Å². The van der Waals surface area contributed by atoms with Gasteiger partial charge in [-0.15, -0.1) is 0 Å². The SMILES string of the molecule is COCCOCC(=O)Nc1nc(-c2ccccc2)c(-c2ccccc2)s1. The van der Waals surface area contributed by atoms with E-state index < -0.39 is 0 Å². The van der Waals surface area contributed by atoms with E-state index in [4.69, 9.17) is 9.47 Å². The maximum Gasteiger partial charge on any atom is 0.252 e. The topological polar surface area (TPSA) is 60.5 Å². The molecule has 0 aliphatic rings. The number of methoxy groups -OCH3 is 1. The number of thiazole rings is 1. The Kier molecular flexibility index (Phi) is 6.49. The van der Waals surface area contributed by atoms with E-state index in [2.05, 4.69) is 10.3 Å². The minimum Gasteiger partial charge on any atom is -0.382 e. The Labute approximate surface area is 156 Å². The first-order valence-electron chi connectivity index (χ1n) is 8.26. The van der Waals surface area contributed by atoms with Crippen LogP contribution in [0.5, 0.6) is 0 Å². The van der Waals surface area contributed by atoms with Crippen LogP contribution in [0.1, 0.15) is 0 Å². The molecule has 0 saturated carbocycles. The molecule has 26 heavy (non-hydrogen) atoms. The fourth-order valence-electron chi connectivity index (χ4n) is 2.41. The Bertz CT molecular complexity index is 778. The molecule has 0 radical (unpaired) electrons. The van der Waals surface area contributed by atoms with E-state index in [9.17, 15) is 4.79 Å². The molecule has 5 nitrogen and oxygen atoms in total. The predicted molar refractivity (Wildman–Crippen MR) is 104 cm³/mol. The van der Waals surface area contributed by atoms with Crippen molar-refractivity contribution >= 4 is 22.4 Å². The van der Waals surface area contributed by atoms with Crippen LogP contribution in [0.25, 0.3) is 21.7 Å². The van der Waals surface area contributed by atoms with Crippen LogP contribution in [0.2, 0.25) is 0 Å². The van der Waals surface area contributed by atoms with Gasteiger partial charge in [0.25, 0.3) is 5.91 Å². The quantitative estimate of drug-likeness (QED) is 0.609. The molecule has 0 fully saturated rings. The summed E-state index contributed by atoms with van der Waals surface area (Å²) in [6.07, 6.45) is 0. The van der Waals surface area contributed by atoms with Crippen LogP contribution in [0.4, 0.5) is 5.13 Å². The van der Waals surface area contributed by atoms with E-state index in [1.54, 1.807) is 7.11 Å². The molecule has 0 bridgehead atoms. The van der Waals surface area contributed by atoms with Crippen molar-refractivity contribution in [3.8, 4) is 21.7 Å². The number of amides is 1. The van der Waals surface area contributed by atoms with E-state index in [1.165, 1.54) is 11.3 Å². The third-order valence-corrected chi connectivity index (χ3v) is 4.64. The minimum atomic E-state index is -0.228. The lowest BCUT2D eigenvalue weighted by Crippen LogP contribution is -2.19. The summed E-state index contributed by atoms with van der Waals surface area (Å²) in [6, 6.07) is 20.0. The number of ether oxygens (including phenoxy) is 2. The summed E-state index contributed by atoms with van der Waals surface area (Å²) < 4.78 is 10.1. The maximum atomic E-state index is 12.1. The molecular weight excluding hydrogens is 348 g/mol. The van der Waals surface area contributed by atoms with Crippen LogP contribution in [-0.4, -0.2) is 37.8 Å².